The van der Waals surface area contributed by atoms with Gasteiger partial charge in [0.1, 0.15) is 0 Å². The molecular weight excluding hydrogens is 284 g/mol. The molecule has 0 bridgehead atoms. The number of aryl methyl sites for hydroxylation is 1. The van der Waals surface area contributed by atoms with Crippen molar-refractivity contribution in [2.45, 2.75) is 19.8 Å². The number of ether oxygens (including phenoxy) is 1. The van der Waals surface area contributed by atoms with Gasteiger partial charge in [0.15, 0.2) is 5.69 Å². The van der Waals surface area contributed by atoms with Gasteiger partial charge in [-0.3, -0.25) is 0 Å². The molecule has 2 rings (SSSR count). The van der Waals surface area contributed by atoms with E-state index in [4.69, 9.17) is 9.84 Å². The highest BCUT2D eigenvalue weighted by Crippen LogP contribution is 2.17. The highest BCUT2D eigenvalue weighted by molar-refractivity contribution is 5.85. The molecular formula is C15H24N4O3. The number of methoxy groups -OCH3 is 1. The number of carbonyl (C=O) groups is 1. The molecule has 1 aliphatic rings. The van der Waals surface area contributed by atoms with Gasteiger partial charge in [0.25, 0.3) is 0 Å². The molecule has 0 aliphatic carbocycles. The number of nitrogens with one attached hydrogen (secondary N) is 1. The monoisotopic (exact) mass is 308 g/mol. The van der Waals surface area contributed by atoms with Crippen LogP contribution in [-0.2, 0) is 4.74 Å². The van der Waals surface area contributed by atoms with E-state index in [-0.39, 0.29) is 5.69 Å². The zero-order chi connectivity index (χ0) is 15.9. The highest BCUT2D eigenvalue weighted by Gasteiger charge is 2.20. The molecule has 22 heavy (non-hydrogen) atoms. The van der Waals surface area contributed by atoms with Crippen molar-refractivity contribution >= 4 is 11.9 Å². The summed E-state index contributed by atoms with van der Waals surface area (Å²) in [6.45, 7) is 6.37. The molecule has 1 fully saturated rings. The standard InChI is InChI=1S/C15H24N4O3/c1-11-8-13(14(20)21)18-15(17-11)16-9-12-4-3-5-19(10-12)6-7-22-2/h8,12H,3-7,9-10H2,1-2H3,(H,20,21)(H,16,17,18). The Balaban J connectivity index is 1.88. The number of carboxylic acids is 1. The van der Waals surface area contributed by atoms with Crippen molar-refractivity contribution < 1.29 is 14.6 Å². The Morgan fingerprint density at radius 3 is 3.09 bits per heavy atom. The first-order chi connectivity index (χ1) is 10.6. The minimum Gasteiger partial charge on any atom is -0.477 e. The van der Waals surface area contributed by atoms with Crippen molar-refractivity contribution in [3.63, 3.8) is 0 Å². The second kappa shape index (κ2) is 8.05. The average Bonchev–Trinajstić information content (AvgIpc) is 2.51. The smallest absolute Gasteiger partial charge is 0.354 e. The van der Waals surface area contributed by atoms with Gasteiger partial charge >= 0.3 is 5.97 Å². The quantitative estimate of drug-likeness (QED) is 0.784. The third kappa shape index (κ3) is 4.92. The van der Waals surface area contributed by atoms with Crippen molar-refractivity contribution in [3.8, 4) is 0 Å². The maximum atomic E-state index is 11.0. The topological polar surface area (TPSA) is 87.6 Å². The fraction of sp³-hybridized carbons (Fsp3) is 0.667. The van der Waals surface area contributed by atoms with Crippen molar-refractivity contribution in [2.75, 3.05) is 45.2 Å². The molecule has 0 aromatic carbocycles. The zero-order valence-electron chi connectivity index (χ0n) is 13.2. The summed E-state index contributed by atoms with van der Waals surface area (Å²) in [7, 11) is 1.72. The van der Waals surface area contributed by atoms with Crippen LogP contribution in [0.25, 0.3) is 0 Å². The number of carboxylic acid groups (broad SMARTS) is 1. The third-order valence-corrected chi connectivity index (χ3v) is 3.84. The number of aromatic nitrogens is 2. The number of hydrogen-bond acceptors (Lipinski definition) is 6. The van der Waals surface area contributed by atoms with E-state index in [1.54, 1.807) is 14.0 Å². The normalized spacial score (nSPS) is 19.1. The SMILES string of the molecule is COCCN1CCCC(CNc2nc(C)cc(C(=O)O)n2)C1. The Kier molecular flexibility index (Phi) is 6.09. The summed E-state index contributed by atoms with van der Waals surface area (Å²) in [5.74, 6) is -0.119. The molecule has 1 saturated heterocycles. The lowest BCUT2D eigenvalue weighted by Gasteiger charge is -2.32. The average molecular weight is 308 g/mol. The molecule has 1 aromatic rings. The number of likely N-dealkylation sites (tertiary alicyclic amines) is 1. The molecule has 1 unspecified atom stereocenters. The number of anilines is 1. The van der Waals surface area contributed by atoms with E-state index < -0.39 is 5.97 Å². The summed E-state index contributed by atoms with van der Waals surface area (Å²) in [5.41, 5.74) is 0.681. The second-order valence-electron chi connectivity index (χ2n) is 5.71. The molecule has 122 valence electrons. The Morgan fingerprint density at radius 2 is 2.36 bits per heavy atom. The molecule has 1 aliphatic heterocycles. The summed E-state index contributed by atoms with van der Waals surface area (Å²) < 4.78 is 5.12. The van der Waals surface area contributed by atoms with Crippen LogP contribution in [0.4, 0.5) is 5.95 Å². The van der Waals surface area contributed by atoms with E-state index in [2.05, 4.69) is 20.2 Å². The fourth-order valence-electron chi connectivity index (χ4n) is 2.73. The van der Waals surface area contributed by atoms with Crippen molar-refractivity contribution in [2.24, 2.45) is 5.92 Å². The molecule has 1 atom stereocenters. The van der Waals surface area contributed by atoms with E-state index in [1.165, 1.54) is 12.5 Å². The van der Waals surface area contributed by atoms with Crippen LogP contribution in [-0.4, -0.2) is 65.8 Å². The number of nitrogens with zero attached hydrogens (tertiary/aromatic N) is 3. The van der Waals surface area contributed by atoms with Crippen molar-refractivity contribution in [3.05, 3.63) is 17.5 Å². The van der Waals surface area contributed by atoms with Gasteiger partial charge < -0.3 is 20.1 Å². The van der Waals surface area contributed by atoms with Crippen LogP contribution in [0, 0.1) is 12.8 Å². The van der Waals surface area contributed by atoms with E-state index in [9.17, 15) is 4.79 Å². The molecule has 0 amide bonds. The molecule has 2 heterocycles. The maximum Gasteiger partial charge on any atom is 0.354 e. The molecule has 0 radical (unpaired) electrons. The first kappa shape index (κ1) is 16.6. The van der Waals surface area contributed by atoms with Gasteiger partial charge in [-0.05, 0) is 38.3 Å². The van der Waals surface area contributed by atoms with Gasteiger partial charge in [-0.25, -0.2) is 14.8 Å². The van der Waals surface area contributed by atoms with Crippen LogP contribution in [0.3, 0.4) is 0 Å². The molecule has 0 spiro atoms. The molecule has 7 heteroatoms. The van der Waals surface area contributed by atoms with Gasteiger partial charge in [-0.15, -0.1) is 0 Å². The van der Waals surface area contributed by atoms with Crippen LogP contribution in [0.15, 0.2) is 6.07 Å². The first-order valence-electron chi connectivity index (χ1n) is 7.62. The Morgan fingerprint density at radius 1 is 1.55 bits per heavy atom. The molecule has 1 aromatic heterocycles. The molecule has 2 N–H and O–H groups in total. The van der Waals surface area contributed by atoms with Crippen molar-refractivity contribution in [1.29, 1.82) is 0 Å². The summed E-state index contributed by atoms with van der Waals surface area (Å²) in [4.78, 5) is 21.7. The van der Waals surface area contributed by atoms with Crippen LogP contribution >= 0.6 is 0 Å². The number of hydrogen-bond donors (Lipinski definition) is 2. The van der Waals surface area contributed by atoms with Crippen LogP contribution in [0.5, 0.6) is 0 Å². The number of piperidine rings is 1. The van der Waals surface area contributed by atoms with Crippen LogP contribution < -0.4 is 5.32 Å². The lowest BCUT2D eigenvalue weighted by Crippen LogP contribution is -2.39. The summed E-state index contributed by atoms with van der Waals surface area (Å²) in [5, 5.41) is 12.2. The highest BCUT2D eigenvalue weighted by atomic mass is 16.5. The minimum atomic E-state index is -1.03. The predicted octanol–water partition coefficient (Wildman–Crippen LogP) is 1.25. The summed E-state index contributed by atoms with van der Waals surface area (Å²) >= 11 is 0. The van der Waals surface area contributed by atoms with Crippen LogP contribution in [0.1, 0.15) is 29.0 Å². The molecule has 0 saturated carbocycles. The predicted molar refractivity (Wildman–Crippen MR) is 83.3 cm³/mol. The number of rotatable bonds is 7. The lowest BCUT2D eigenvalue weighted by atomic mass is 9.98. The Labute approximate surface area is 130 Å². The molecule has 7 nitrogen and oxygen atoms in total. The zero-order valence-corrected chi connectivity index (χ0v) is 13.2. The van der Waals surface area contributed by atoms with Gasteiger partial charge in [-0.1, -0.05) is 0 Å². The van der Waals surface area contributed by atoms with E-state index in [0.29, 0.717) is 17.6 Å². The first-order valence-corrected chi connectivity index (χ1v) is 7.62. The minimum absolute atomic E-state index is 0.0281. The van der Waals surface area contributed by atoms with Gasteiger partial charge in [-0.2, -0.15) is 0 Å². The van der Waals surface area contributed by atoms with E-state index in [1.807, 2.05) is 0 Å². The van der Waals surface area contributed by atoms with Gasteiger partial charge in [0.2, 0.25) is 5.95 Å². The lowest BCUT2D eigenvalue weighted by molar-refractivity contribution is 0.0690. The van der Waals surface area contributed by atoms with Gasteiger partial charge in [0.05, 0.1) is 6.61 Å². The largest absolute Gasteiger partial charge is 0.477 e. The van der Waals surface area contributed by atoms with E-state index in [0.717, 1.165) is 39.2 Å². The number of aromatic carboxylic acids is 1. The summed E-state index contributed by atoms with van der Waals surface area (Å²) in [6.07, 6.45) is 2.33. The second-order valence-corrected chi connectivity index (χ2v) is 5.71. The van der Waals surface area contributed by atoms with Gasteiger partial charge in [0, 0.05) is 32.4 Å². The Bertz CT molecular complexity index is 510. The van der Waals surface area contributed by atoms with E-state index >= 15 is 0 Å². The summed E-state index contributed by atoms with van der Waals surface area (Å²) in [6, 6.07) is 1.47. The Hall–Kier alpha value is -1.73. The van der Waals surface area contributed by atoms with Crippen molar-refractivity contribution in [1.82, 2.24) is 14.9 Å². The fourth-order valence-corrected chi connectivity index (χ4v) is 2.73. The third-order valence-electron chi connectivity index (χ3n) is 3.84. The maximum absolute atomic E-state index is 11.0. The van der Waals surface area contributed by atoms with Crippen LogP contribution in [0.2, 0.25) is 0 Å².